The molecule has 0 aromatic heterocycles. The van der Waals surface area contributed by atoms with Crippen LogP contribution in [0.2, 0.25) is 0 Å². The predicted molar refractivity (Wildman–Crippen MR) is 19.1 cm³/mol. The first-order chi connectivity index (χ1) is 1.73. The zero-order valence-corrected chi connectivity index (χ0v) is 3.83. The highest BCUT2D eigenvalue weighted by molar-refractivity contribution is 8.93. The molecule has 32 valence electrons. The van der Waals surface area contributed by atoms with E-state index in [-0.39, 0.29) is 17.0 Å². The maximum atomic E-state index is 8.36. The van der Waals surface area contributed by atoms with E-state index in [1.165, 1.54) is 0 Å². The molecular weight excluding hydrogens is 142 g/mol. The van der Waals surface area contributed by atoms with Gasteiger partial charge in [-0.3, -0.25) is 0 Å². The van der Waals surface area contributed by atoms with Crippen molar-refractivity contribution in [2.75, 3.05) is 0 Å². The van der Waals surface area contributed by atoms with E-state index in [0.29, 0.717) is 0 Å². The fraction of sp³-hybridized carbons (Fsp3) is 0. The molecule has 0 bridgehead atoms. The zero-order valence-electron chi connectivity index (χ0n) is 2.12. The van der Waals surface area contributed by atoms with Crippen molar-refractivity contribution in [3.63, 3.8) is 0 Å². The average molecular weight is 144 g/mol. The van der Waals surface area contributed by atoms with Gasteiger partial charge in [0.1, 0.15) is 0 Å². The van der Waals surface area contributed by atoms with Gasteiger partial charge in [-0.05, 0) is 0 Å². The Bertz CT molecular complexity index is 29.9. The van der Waals surface area contributed by atoms with Crippen LogP contribution in [0, 0.1) is 10.1 Å². The van der Waals surface area contributed by atoms with Crippen molar-refractivity contribution in [2.45, 2.75) is 0 Å². The molecule has 4 nitrogen and oxygen atoms in total. The van der Waals surface area contributed by atoms with Gasteiger partial charge >= 0.3 is 0 Å². The van der Waals surface area contributed by atoms with E-state index in [9.17, 15) is 0 Å². The van der Waals surface area contributed by atoms with Crippen molar-refractivity contribution >= 4 is 17.0 Å². The van der Waals surface area contributed by atoms with Gasteiger partial charge < -0.3 is 5.21 Å². The van der Waals surface area contributed by atoms with E-state index >= 15 is 0 Å². The van der Waals surface area contributed by atoms with Crippen molar-refractivity contribution in [1.82, 2.24) is 0 Å². The second-order valence-electron chi connectivity index (χ2n) is 0.238. The number of hydrogen-bond donors (Lipinski definition) is 1. The predicted octanol–water partition coefficient (Wildman–Crippen LogP) is 0.230. The van der Waals surface area contributed by atoms with E-state index in [4.69, 9.17) is 15.3 Å². The molecule has 5 heavy (non-hydrogen) atoms. The maximum Gasteiger partial charge on any atom is 0.291 e. The van der Waals surface area contributed by atoms with E-state index in [2.05, 4.69) is 0 Å². The molecule has 0 saturated heterocycles. The van der Waals surface area contributed by atoms with Crippen molar-refractivity contribution in [3.8, 4) is 0 Å². The van der Waals surface area contributed by atoms with Gasteiger partial charge in [0.05, 0.1) is 0 Å². The molecule has 0 aromatic carbocycles. The van der Waals surface area contributed by atoms with Crippen molar-refractivity contribution in [1.29, 1.82) is 0 Å². The molecule has 0 rings (SSSR count). The van der Waals surface area contributed by atoms with Gasteiger partial charge in [-0.1, -0.05) is 0 Å². The monoisotopic (exact) mass is 143 g/mol. The largest absolute Gasteiger partial charge is 0.328 e. The van der Waals surface area contributed by atoms with Crippen molar-refractivity contribution < 1.29 is 10.3 Å². The highest BCUT2D eigenvalue weighted by atomic mass is 79.9. The fourth-order valence-corrected chi connectivity index (χ4v) is 0. The van der Waals surface area contributed by atoms with Gasteiger partial charge in [0.15, 0.2) is 0 Å². The van der Waals surface area contributed by atoms with Gasteiger partial charge in [-0.15, -0.1) is 27.1 Å². The Labute approximate surface area is 38.3 Å². The zero-order chi connectivity index (χ0) is 3.58. The average Bonchev–Trinajstić information content (AvgIpc) is 0.811. The van der Waals surface area contributed by atoms with Gasteiger partial charge in [-0.25, -0.2) is 0 Å². The van der Waals surface area contributed by atoms with Crippen LogP contribution in [0.4, 0.5) is 0 Å². The van der Waals surface area contributed by atoms with Crippen LogP contribution in [0.5, 0.6) is 0 Å². The van der Waals surface area contributed by atoms with Crippen molar-refractivity contribution in [2.24, 2.45) is 0 Å². The van der Waals surface area contributed by atoms with Crippen LogP contribution in [-0.4, -0.2) is 10.3 Å². The lowest BCUT2D eigenvalue weighted by atomic mass is 13.1. The van der Waals surface area contributed by atoms with E-state index in [1.54, 1.807) is 0 Å². The molecule has 5 heteroatoms. The van der Waals surface area contributed by atoms with Gasteiger partial charge in [-0.2, -0.15) is 0 Å². The highest BCUT2D eigenvalue weighted by Crippen LogP contribution is 1.38. The minimum Gasteiger partial charge on any atom is -0.328 e. The molecule has 0 fully saturated rings. The van der Waals surface area contributed by atoms with Crippen LogP contribution in [0.25, 0.3) is 0 Å². The number of hydrogen-bond acceptors (Lipinski definition) is 2. The first-order valence-electron chi connectivity index (χ1n) is 0.565. The summed E-state index contributed by atoms with van der Waals surface area (Å²) in [4.78, 5) is 8.36. The second-order valence-corrected chi connectivity index (χ2v) is 0.238. The van der Waals surface area contributed by atoms with Crippen LogP contribution in [0.1, 0.15) is 0 Å². The molecule has 0 unspecified atom stereocenters. The minimum atomic E-state index is -1.50. The molecule has 0 radical (unpaired) electrons. The minimum absolute atomic E-state index is 0. The third-order valence-corrected chi connectivity index (χ3v) is 0. The van der Waals surface area contributed by atoms with Gasteiger partial charge in [0.2, 0.25) is 0 Å². The summed E-state index contributed by atoms with van der Waals surface area (Å²) >= 11 is 0. The second kappa shape index (κ2) is 3.68. The molecule has 0 heterocycles. The summed E-state index contributed by atoms with van der Waals surface area (Å²) in [5.74, 6) is 0. The van der Waals surface area contributed by atoms with Crippen LogP contribution < -0.4 is 0 Å². The Morgan fingerprint density at radius 2 is 1.80 bits per heavy atom. The lowest BCUT2D eigenvalue weighted by Gasteiger charge is -1.56. The molecule has 0 aromatic rings. The lowest BCUT2D eigenvalue weighted by Crippen LogP contribution is -1.81. The molecule has 0 atom stereocenters. The van der Waals surface area contributed by atoms with Gasteiger partial charge in [0, 0.05) is 0 Å². The Hall–Kier alpha value is -0.320. The normalized spacial score (nSPS) is 4.80. The molecule has 1 N–H and O–H groups in total. The summed E-state index contributed by atoms with van der Waals surface area (Å²) in [6, 6.07) is 0. The van der Waals surface area contributed by atoms with E-state index in [1.807, 2.05) is 0 Å². The molecular formula is H2BrNO3. The molecule has 0 aliphatic heterocycles. The molecule has 0 saturated carbocycles. The summed E-state index contributed by atoms with van der Waals surface area (Å²) < 4.78 is 0. The Balaban J connectivity index is 0. The SMILES string of the molecule is Br.O=[N+]([O-])O. The van der Waals surface area contributed by atoms with Crippen molar-refractivity contribution in [3.05, 3.63) is 10.1 Å². The number of rotatable bonds is 0. The van der Waals surface area contributed by atoms with Crippen LogP contribution in [0.3, 0.4) is 0 Å². The third-order valence-electron chi connectivity index (χ3n) is 0. The number of halogens is 1. The molecule has 0 aliphatic carbocycles. The van der Waals surface area contributed by atoms with E-state index in [0.717, 1.165) is 0 Å². The van der Waals surface area contributed by atoms with Gasteiger partial charge in [0.25, 0.3) is 5.09 Å². The topological polar surface area (TPSA) is 63.4 Å². The summed E-state index contributed by atoms with van der Waals surface area (Å²) in [6.07, 6.45) is 0. The van der Waals surface area contributed by atoms with Crippen LogP contribution >= 0.6 is 17.0 Å². The molecule has 0 amide bonds. The summed E-state index contributed by atoms with van der Waals surface area (Å²) in [5.41, 5.74) is 0. The Morgan fingerprint density at radius 1 is 1.80 bits per heavy atom. The highest BCUT2D eigenvalue weighted by Gasteiger charge is 1.65. The van der Waals surface area contributed by atoms with Crippen LogP contribution in [-0.2, 0) is 0 Å². The molecule has 0 aliphatic rings. The lowest BCUT2D eigenvalue weighted by molar-refractivity contribution is -0.742. The standard InChI is InChI=1S/BrH.HNO3/c;2-1(3)4/h1H;(H,2,3,4). The maximum absolute atomic E-state index is 8.36. The Kier molecular flexibility index (Phi) is 6.49. The molecule has 0 spiro atoms. The summed E-state index contributed by atoms with van der Waals surface area (Å²) in [5, 5.41) is 13.6. The summed E-state index contributed by atoms with van der Waals surface area (Å²) in [6.45, 7) is 0. The third kappa shape index (κ3) is 101. The first-order valence-corrected chi connectivity index (χ1v) is 0.565. The Morgan fingerprint density at radius 3 is 1.80 bits per heavy atom. The fourth-order valence-electron chi connectivity index (χ4n) is 0. The quantitative estimate of drug-likeness (QED) is 0.390. The summed E-state index contributed by atoms with van der Waals surface area (Å²) in [7, 11) is 0. The first kappa shape index (κ1) is 8.82. The smallest absolute Gasteiger partial charge is 0.291 e. The van der Waals surface area contributed by atoms with Crippen LogP contribution in [0.15, 0.2) is 0 Å². The number of nitrogens with zero attached hydrogens (tertiary/aromatic N) is 1. The van der Waals surface area contributed by atoms with E-state index < -0.39 is 5.09 Å².